The Balaban J connectivity index is 1.37. The number of halogens is 3. The van der Waals surface area contributed by atoms with Gasteiger partial charge in [0, 0.05) is 11.8 Å². The molecule has 0 atom stereocenters. The SMILES string of the molecule is Cc1noc(-c2ccn3c(CNC(=O)Cc4ccc(OC(F)(F)F)cc4)nnc3c2)n1. The molecule has 0 aliphatic rings. The first kappa shape index (κ1) is 20.3. The third kappa shape index (κ3) is 4.97. The smallest absolute Gasteiger partial charge is 0.406 e. The molecule has 160 valence electrons. The van der Waals surface area contributed by atoms with Crippen molar-refractivity contribution in [2.75, 3.05) is 0 Å². The van der Waals surface area contributed by atoms with E-state index in [1.54, 1.807) is 29.7 Å². The molecular formula is C19H15F3N6O3. The van der Waals surface area contributed by atoms with Crippen LogP contribution < -0.4 is 10.1 Å². The van der Waals surface area contributed by atoms with Gasteiger partial charge in [-0.25, -0.2) is 0 Å². The number of amides is 1. The Morgan fingerprint density at radius 2 is 1.97 bits per heavy atom. The number of nitrogens with one attached hydrogen (secondary N) is 1. The lowest BCUT2D eigenvalue weighted by Gasteiger charge is -2.09. The van der Waals surface area contributed by atoms with Gasteiger partial charge >= 0.3 is 6.36 Å². The molecular weight excluding hydrogens is 417 g/mol. The summed E-state index contributed by atoms with van der Waals surface area (Å²) >= 11 is 0. The van der Waals surface area contributed by atoms with Gasteiger partial charge in [-0.3, -0.25) is 9.20 Å². The molecule has 0 saturated carbocycles. The molecule has 12 heteroatoms. The van der Waals surface area contributed by atoms with Crippen molar-refractivity contribution in [3.05, 3.63) is 59.8 Å². The van der Waals surface area contributed by atoms with Crippen LogP contribution in [-0.4, -0.2) is 37.0 Å². The molecule has 9 nitrogen and oxygen atoms in total. The number of hydrogen-bond acceptors (Lipinski definition) is 7. The first-order chi connectivity index (χ1) is 14.8. The Kier molecular flexibility index (Phi) is 5.28. The van der Waals surface area contributed by atoms with E-state index in [1.807, 2.05) is 0 Å². The van der Waals surface area contributed by atoms with Crippen molar-refractivity contribution in [3.8, 4) is 17.2 Å². The monoisotopic (exact) mass is 432 g/mol. The molecule has 0 aliphatic carbocycles. The summed E-state index contributed by atoms with van der Waals surface area (Å²) in [5, 5.41) is 14.6. The number of carbonyl (C=O) groups excluding carboxylic acids is 1. The van der Waals surface area contributed by atoms with Gasteiger partial charge in [-0.1, -0.05) is 17.3 Å². The van der Waals surface area contributed by atoms with Crippen molar-refractivity contribution < 1.29 is 27.2 Å². The summed E-state index contributed by atoms with van der Waals surface area (Å²) in [4.78, 5) is 16.4. The lowest BCUT2D eigenvalue weighted by atomic mass is 10.1. The van der Waals surface area contributed by atoms with E-state index in [4.69, 9.17) is 4.52 Å². The van der Waals surface area contributed by atoms with Gasteiger partial charge in [0.05, 0.1) is 13.0 Å². The van der Waals surface area contributed by atoms with E-state index < -0.39 is 6.36 Å². The van der Waals surface area contributed by atoms with E-state index in [1.165, 1.54) is 12.1 Å². The number of carbonyl (C=O) groups is 1. The Bertz CT molecular complexity index is 1220. The van der Waals surface area contributed by atoms with Crippen LogP contribution in [0.25, 0.3) is 17.1 Å². The second-order valence-electron chi connectivity index (χ2n) is 6.55. The van der Waals surface area contributed by atoms with Crippen molar-refractivity contribution in [2.24, 2.45) is 0 Å². The average Bonchev–Trinajstić information content (AvgIpc) is 3.32. The normalized spacial score (nSPS) is 11.6. The van der Waals surface area contributed by atoms with E-state index in [2.05, 4.69) is 30.4 Å². The van der Waals surface area contributed by atoms with E-state index in [9.17, 15) is 18.0 Å². The lowest BCUT2D eigenvalue weighted by molar-refractivity contribution is -0.274. The molecule has 0 unspecified atom stereocenters. The number of nitrogens with zero attached hydrogens (tertiary/aromatic N) is 5. The van der Waals surface area contributed by atoms with Crippen LogP contribution in [0, 0.1) is 6.92 Å². The number of hydrogen-bond donors (Lipinski definition) is 1. The second kappa shape index (κ2) is 8.05. The fourth-order valence-corrected chi connectivity index (χ4v) is 2.84. The Hall–Kier alpha value is -3.96. The van der Waals surface area contributed by atoms with Gasteiger partial charge in [0.2, 0.25) is 5.91 Å². The zero-order chi connectivity index (χ0) is 22.0. The first-order valence-electron chi connectivity index (χ1n) is 9.02. The summed E-state index contributed by atoms with van der Waals surface area (Å²) in [5.41, 5.74) is 1.77. The fourth-order valence-electron chi connectivity index (χ4n) is 2.84. The van der Waals surface area contributed by atoms with Crippen LogP contribution in [0.15, 0.2) is 47.1 Å². The van der Waals surface area contributed by atoms with Crippen molar-refractivity contribution >= 4 is 11.6 Å². The number of aryl methyl sites for hydroxylation is 1. The molecule has 0 fully saturated rings. The van der Waals surface area contributed by atoms with Crippen LogP contribution in [-0.2, 0) is 17.8 Å². The van der Waals surface area contributed by atoms with Crippen LogP contribution >= 0.6 is 0 Å². The summed E-state index contributed by atoms with van der Waals surface area (Å²) < 4.78 is 47.2. The predicted molar refractivity (Wildman–Crippen MR) is 99.7 cm³/mol. The van der Waals surface area contributed by atoms with Gasteiger partial charge in [0.25, 0.3) is 5.89 Å². The highest BCUT2D eigenvalue weighted by molar-refractivity contribution is 5.78. The summed E-state index contributed by atoms with van der Waals surface area (Å²) in [6.45, 7) is 1.84. The number of benzene rings is 1. The van der Waals surface area contributed by atoms with Crippen molar-refractivity contribution in [1.29, 1.82) is 0 Å². The summed E-state index contributed by atoms with van der Waals surface area (Å²) in [7, 11) is 0. The summed E-state index contributed by atoms with van der Waals surface area (Å²) in [6.07, 6.45) is -3.04. The quantitative estimate of drug-likeness (QED) is 0.499. The number of fused-ring (bicyclic) bond motifs is 1. The molecule has 1 aromatic carbocycles. The van der Waals surface area contributed by atoms with E-state index in [-0.39, 0.29) is 24.6 Å². The average molecular weight is 432 g/mol. The minimum absolute atomic E-state index is 0.0102. The summed E-state index contributed by atoms with van der Waals surface area (Å²) in [5.74, 6) is 0.721. The number of aromatic nitrogens is 5. The zero-order valence-corrected chi connectivity index (χ0v) is 16.1. The second-order valence-corrected chi connectivity index (χ2v) is 6.55. The van der Waals surface area contributed by atoms with Gasteiger partial charge in [0.1, 0.15) is 5.75 Å². The Labute approximate surface area is 172 Å². The number of pyridine rings is 1. The molecule has 0 bridgehead atoms. The number of rotatable bonds is 6. The maximum atomic E-state index is 12.2. The highest BCUT2D eigenvalue weighted by atomic mass is 19.4. The molecule has 4 rings (SSSR count). The molecule has 0 saturated heterocycles. The highest BCUT2D eigenvalue weighted by Gasteiger charge is 2.30. The Morgan fingerprint density at radius 1 is 1.19 bits per heavy atom. The molecule has 0 spiro atoms. The van der Waals surface area contributed by atoms with E-state index in [0.717, 1.165) is 12.1 Å². The van der Waals surface area contributed by atoms with Gasteiger partial charge in [-0.15, -0.1) is 23.4 Å². The molecule has 3 aromatic heterocycles. The molecule has 0 radical (unpaired) electrons. The zero-order valence-electron chi connectivity index (χ0n) is 16.1. The fraction of sp³-hybridized carbons (Fsp3) is 0.211. The van der Waals surface area contributed by atoms with Crippen LogP contribution in [0.5, 0.6) is 5.75 Å². The maximum Gasteiger partial charge on any atom is 0.573 e. The number of alkyl halides is 3. The topological polar surface area (TPSA) is 107 Å². The first-order valence-corrected chi connectivity index (χ1v) is 9.02. The molecule has 1 amide bonds. The molecule has 0 aliphatic heterocycles. The standard InChI is InChI=1S/C19H15F3N6O3/c1-11-24-18(31-27-11)13-6-7-28-15(9-13)25-26-16(28)10-23-17(29)8-12-2-4-14(5-3-12)30-19(20,21)22/h2-7,9H,8,10H2,1H3,(H,23,29). The minimum Gasteiger partial charge on any atom is -0.406 e. The predicted octanol–water partition coefficient (Wildman–Crippen LogP) is 2.85. The largest absolute Gasteiger partial charge is 0.573 e. The third-order valence-electron chi connectivity index (χ3n) is 4.22. The molecule has 4 aromatic rings. The molecule has 31 heavy (non-hydrogen) atoms. The van der Waals surface area contributed by atoms with E-state index in [0.29, 0.717) is 34.3 Å². The Morgan fingerprint density at radius 3 is 2.65 bits per heavy atom. The van der Waals surface area contributed by atoms with Crippen LogP contribution in [0.2, 0.25) is 0 Å². The third-order valence-corrected chi connectivity index (χ3v) is 4.22. The van der Waals surface area contributed by atoms with Crippen molar-refractivity contribution in [2.45, 2.75) is 26.3 Å². The molecule has 1 N–H and O–H groups in total. The van der Waals surface area contributed by atoms with Crippen molar-refractivity contribution in [3.63, 3.8) is 0 Å². The van der Waals surface area contributed by atoms with Crippen LogP contribution in [0.4, 0.5) is 13.2 Å². The van der Waals surface area contributed by atoms with Gasteiger partial charge in [-0.2, -0.15) is 4.98 Å². The lowest BCUT2D eigenvalue weighted by Crippen LogP contribution is -2.25. The van der Waals surface area contributed by atoms with E-state index >= 15 is 0 Å². The minimum atomic E-state index is -4.76. The maximum absolute atomic E-state index is 12.2. The summed E-state index contributed by atoms with van der Waals surface area (Å²) in [6, 6.07) is 8.60. The molecule has 3 heterocycles. The number of ether oxygens (including phenoxy) is 1. The van der Waals surface area contributed by atoms with Crippen LogP contribution in [0.1, 0.15) is 17.2 Å². The van der Waals surface area contributed by atoms with Gasteiger partial charge in [0.15, 0.2) is 17.3 Å². The van der Waals surface area contributed by atoms with Crippen LogP contribution in [0.3, 0.4) is 0 Å². The van der Waals surface area contributed by atoms with Gasteiger partial charge in [-0.05, 0) is 36.8 Å². The van der Waals surface area contributed by atoms with Gasteiger partial charge < -0.3 is 14.6 Å². The highest BCUT2D eigenvalue weighted by Crippen LogP contribution is 2.23. The van der Waals surface area contributed by atoms with Crippen molar-refractivity contribution in [1.82, 2.24) is 30.1 Å².